The van der Waals surface area contributed by atoms with E-state index in [0.29, 0.717) is 24.0 Å². The maximum absolute atomic E-state index is 13.2. The molecule has 3 aromatic rings. The van der Waals surface area contributed by atoms with Crippen molar-refractivity contribution < 1.29 is 4.79 Å². The third-order valence-corrected chi connectivity index (χ3v) is 6.47. The number of hydrogen-bond donors (Lipinski definition) is 0. The molecule has 1 saturated carbocycles. The average Bonchev–Trinajstić information content (AvgIpc) is 3.40. The van der Waals surface area contributed by atoms with Crippen molar-refractivity contribution in [3.8, 4) is 6.07 Å². The number of nitriles is 1. The van der Waals surface area contributed by atoms with Crippen molar-refractivity contribution in [3.63, 3.8) is 0 Å². The summed E-state index contributed by atoms with van der Waals surface area (Å²) in [6.07, 6.45) is 4.77. The lowest BCUT2D eigenvalue weighted by atomic mass is 9.66. The van der Waals surface area contributed by atoms with Crippen LogP contribution in [0.2, 0.25) is 0 Å². The van der Waals surface area contributed by atoms with E-state index in [4.69, 9.17) is 0 Å². The third-order valence-electron chi connectivity index (χ3n) is 4.83. The van der Waals surface area contributed by atoms with Crippen LogP contribution in [0.4, 0.5) is 0 Å². The lowest BCUT2D eigenvalue weighted by molar-refractivity contribution is -0.113. The molecular formula is C23H17NOS2. The van der Waals surface area contributed by atoms with Crippen molar-refractivity contribution in [2.24, 2.45) is 0 Å². The van der Waals surface area contributed by atoms with Crippen molar-refractivity contribution in [1.82, 2.24) is 0 Å². The maximum atomic E-state index is 13.2. The van der Waals surface area contributed by atoms with Crippen LogP contribution in [0, 0.1) is 11.3 Å². The molecule has 2 nitrogen and oxygen atoms in total. The standard InChI is InChI=1S/C23H17NOS2/c24-16-23(19-6-2-1-3-7-19)14-17(12-20-8-4-10-26-20)22(25)18(15-23)13-21-9-5-11-27-21/h1-13H,14-15H2/b17-12+,18-13+. The highest BCUT2D eigenvalue weighted by atomic mass is 32.1. The summed E-state index contributed by atoms with van der Waals surface area (Å²) >= 11 is 3.20. The first kappa shape index (κ1) is 17.7. The van der Waals surface area contributed by atoms with Gasteiger partial charge in [0.1, 0.15) is 0 Å². The van der Waals surface area contributed by atoms with Gasteiger partial charge in [0.15, 0.2) is 5.78 Å². The monoisotopic (exact) mass is 387 g/mol. The minimum Gasteiger partial charge on any atom is -0.289 e. The fourth-order valence-electron chi connectivity index (χ4n) is 3.51. The molecule has 132 valence electrons. The predicted molar refractivity (Wildman–Crippen MR) is 113 cm³/mol. The first-order valence-corrected chi connectivity index (χ1v) is 10.5. The van der Waals surface area contributed by atoms with Gasteiger partial charge in [0.25, 0.3) is 0 Å². The largest absolute Gasteiger partial charge is 0.289 e. The first-order valence-electron chi connectivity index (χ1n) is 8.70. The lowest BCUT2D eigenvalue weighted by Crippen LogP contribution is -2.33. The van der Waals surface area contributed by atoms with Crippen LogP contribution in [-0.2, 0) is 10.2 Å². The molecule has 1 aliphatic carbocycles. The zero-order valence-corrected chi connectivity index (χ0v) is 16.2. The van der Waals surface area contributed by atoms with E-state index >= 15 is 0 Å². The second-order valence-corrected chi connectivity index (χ2v) is 8.57. The van der Waals surface area contributed by atoms with Crippen LogP contribution in [0.1, 0.15) is 28.2 Å². The van der Waals surface area contributed by atoms with Gasteiger partial charge in [0.05, 0.1) is 11.5 Å². The zero-order valence-electron chi connectivity index (χ0n) is 14.6. The van der Waals surface area contributed by atoms with Gasteiger partial charge in [-0.1, -0.05) is 42.5 Å². The van der Waals surface area contributed by atoms with Gasteiger partial charge in [-0.3, -0.25) is 4.79 Å². The van der Waals surface area contributed by atoms with Gasteiger partial charge in [0, 0.05) is 20.9 Å². The van der Waals surface area contributed by atoms with Crippen LogP contribution in [0.5, 0.6) is 0 Å². The van der Waals surface area contributed by atoms with Gasteiger partial charge in [-0.05, 0) is 53.4 Å². The Morgan fingerprint density at radius 1 is 0.852 bits per heavy atom. The summed E-state index contributed by atoms with van der Waals surface area (Å²) in [5.74, 6) is 0.0543. The van der Waals surface area contributed by atoms with E-state index in [1.807, 2.05) is 77.5 Å². The molecule has 0 saturated heterocycles. The quantitative estimate of drug-likeness (QED) is 0.509. The Bertz CT molecular complexity index is 980. The van der Waals surface area contributed by atoms with Gasteiger partial charge < -0.3 is 0 Å². The van der Waals surface area contributed by atoms with E-state index < -0.39 is 5.41 Å². The number of Topliss-reactive ketones (excluding diaryl/α,β-unsaturated/α-hetero) is 1. The van der Waals surface area contributed by atoms with Crippen LogP contribution in [0.3, 0.4) is 0 Å². The molecule has 1 aliphatic rings. The van der Waals surface area contributed by atoms with Gasteiger partial charge in [-0.25, -0.2) is 0 Å². The molecule has 2 aromatic heterocycles. The predicted octanol–water partition coefficient (Wildman–Crippen LogP) is 6.10. The third kappa shape index (κ3) is 3.57. The van der Waals surface area contributed by atoms with Crippen LogP contribution in [0.25, 0.3) is 12.2 Å². The van der Waals surface area contributed by atoms with E-state index in [1.54, 1.807) is 22.7 Å². The first-order chi connectivity index (χ1) is 13.2. The number of hydrogen-bond acceptors (Lipinski definition) is 4. The number of rotatable bonds is 3. The van der Waals surface area contributed by atoms with Crippen LogP contribution < -0.4 is 0 Å². The number of allylic oxidation sites excluding steroid dienone is 2. The van der Waals surface area contributed by atoms with Crippen molar-refractivity contribution in [1.29, 1.82) is 5.26 Å². The number of benzene rings is 1. The topological polar surface area (TPSA) is 40.9 Å². The number of carbonyl (C=O) groups is 1. The fourth-order valence-corrected chi connectivity index (χ4v) is 4.87. The van der Waals surface area contributed by atoms with E-state index in [-0.39, 0.29) is 5.78 Å². The zero-order chi connectivity index (χ0) is 18.7. The van der Waals surface area contributed by atoms with E-state index in [0.717, 1.165) is 15.3 Å². The molecular weight excluding hydrogens is 370 g/mol. The summed E-state index contributed by atoms with van der Waals surface area (Å²) in [4.78, 5) is 15.3. The van der Waals surface area contributed by atoms with Gasteiger partial charge in [0.2, 0.25) is 0 Å². The van der Waals surface area contributed by atoms with Crippen molar-refractivity contribution in [2.75, 3.05) is 0 Å². The highest BCUT2D eigenvalue weighted by Crippen LogP contribution is 2.43. The molecule has 27 heavy (non-hydrogen) atoms. The Kier molecular flexibility index (Phi) is 4.89. The number of carbonyl (C=O) groups excluding carboxylic acids is 1. The summed E-state index contributed by atoms with van der Waals surface area (Å²) in [5.41, 5.74) is 1.66. The van der Waals surface area contributed by atoms with Gasteiger partial charge in [-0.15, -0.1) is 22.7 Å². The van der Waals surface area contributed by atoms with Crippen molar-refractivity contribution in [2.45, 2.75) is 18.3 Å². The molecule has 0 N–H and O–H groups in total. The Balaban J connectivity index is 1.84. The average molecular weight is 388 g/mol. The summed E-state index contributed by atoms with van der Waals surface area (Å²) < 4.78 is 0. The molecule has 0 bridgehead atoms. The summed E-state index contributed by atoms with van der Waals surface area (Å²) in [6.45, 7) is 0. The number of nitrogens with zero attached hydrogens (tertiary/aromatic N) is 1. The highest BCUT2D eigenvalue weighted by molar-refractivity contribution is 7.11. The summed E-state index contributed by atoms with van der Waals surface area (Å²) in [6, 6.07) is 20.3. The molecule has 2 heterocycles. The minimum absolute atomic E-state index is 0.0543. The Morgan fingerprint density at radius 3 is 1.85 bits per heavy atom. The fraction of sp³-hybridized carbons (Fsp3) is 0.130. The van der Waals surface area contributed by atoms with Crippen LogP contribution in [-0.4, -0.2) is 5.78 Å². The molecule has 1 aromatic carbocycles. The lowest BCUT2D eigenvalue weighted by Gasteiger charge is -2.33. The van der Waals surface area contributed by atoms with E-state index in [2.05, 4.69) is 6.07 Å². The Morgan fingerprint density at radius 2 is 1.41 bits per heavy atom. The molecule has 0 amide bonds. The SMILES string of the molecule is N#CC1(c2ccccc2)C/C(=C\c2cccs2)C(=O)/C(=C/c2cccs2)C1. The van der Waals surface area contributed by atoms with E-state index in [1.165, 1.54) is 0 Å². The minimum atomic E-state index is -0.721. The molecule has 0 atom stereocenters. The van der Waals surface area contributed by atoms with Gasteiger partial charge >= 0.3 is 0 Å². The molecule has 0 radical (unpaired) electrons. The van der Waals surface area contributed by atoms with Gasteiger partial charge in [-0.2, -0.15) is 5.26 Å². The Labute approximate surface area is 166 Å². The van der Waals surface area contributed by atoms with Crippen molar-refractivity contribution >= 4 is 40.6 Å². The summed E-state index contributed by atoms with van der Waals surface area (Å²) in [7, 11) is 0. The highest BCUT2D eigenvalue weighted by Gasteiger charge is 2.41. The van der Waals surface area contributed by atoms with Crippen LogP contribution >= 0.6 is 22.7 Å². The molecule has 4 heteroatoms. The van der Waals surface area contributed by atoms with Crippen LogP contribution in [0.15, 0.2) is 76.5 Å². The second-order valence-electron chi connectivity index (χ2n) is 6.61. The normalized spacial score (nSPS) is 22.9. The molecule has 0 unspecified atom stereocenters. The van der Waals surface area contributed by atoms with Crippen molar-refractivity contribution in [3.05, 3.63) is 91.8 Å². The summed E-state index contributed by atoms with van der Waals surface area (Å²) in [5, 5.41) is 14.2. The second kappa shape index (κ2) is 7.48. The van der Waals surface area contributed by atoms with E-state index in [9.17, 15) is 10.1 Å². The molecule has 4 rings (SSSR count). The Hall–Kier alpha value is -2.74. The smallest absolute Gasteiger partial charge is 0.185 e. The molecule has 0 aliphatic heterocycles. The molecule has 1 fully saturated rings. The maximum Gasteiger partial charge on any atom is 0.185 e. The molecule has 0 spiro atoms. The number of ketones is 1. The number of thiophene rings is 2.